The second-order valence-corrected chi connectivity index (χ2v) is 8.49. The molecule has 5 unspecified atom stereocenters. The van der Waals surface area contributed by atoms with Crippen molar-refractivity contribution in [3.8, 4) is 0 Å². The van der Waals surface area contributed by atoms with E-state index in [0.29, 0.717) is 17.9 Å². The van der Waals surface area contributed by atoms with Crippen molar-refractivity contribution < 1.29 is 9.59 Å². The molecule has 21 heavy (non-hydrogen) atoms. The van der Waals surface area contributed by atoms with E-state index in [1.54, 1.807) is 0 Å². The summed E-state index contributed by atoms with van der Waals surface area (Å²) >= 11 is 0. The van der Waals surface area contributed by atoms with Gasteiger partial charge in [0.15, 0.2) is 0 Å². The third-order valence-electron chi connectivity index (χ3n) is 6.42. The van der Waals surface area contributed by atoms with Crippen molar-refractivity contribution in [2.45, 2.75) is 64.6 Å². The van der Waals surface area contributed by atoms with E-state index in [-0.39, 0.29) is 23.8 Å². The van der Waals surface area contributed by atoms with Crippen LogP contribution in [0.15, 0.2) is 0 Å². The highest BCUT2D eigenvalue weighted by atomic mass is 16.2. The lowest BCUT2D eigenvalue weighted by Crippen LogP contribution is -2.70. The number of fused-ring (bicyclic) bond motifs is 5. The molecule has 5 atom stereocenters. The number of carbonyl (C=O) groups is 2. The van der Waals surface area contributed by atoms with E-state index in [0.717, 1.165) is 11.8 Å². The Hall–Kier alpha value is -1.06. The second-order valence-electron chi connectivity index (χ2n) is 8.49. The fourth-order valence-corrected chi connectivity index (χ4v) is 5.61. The molecule has 3 aliphatic carbocycles. The zero-order valence-corrected chi connectivity index (χ0v) is 13.4. The van der Waals surface area contributed by atoms with Gasteiger partial charge in [0, 0.05) is 6.04 Å². The minimum absolute atomic E-state index is 0.0342. The third-order valence-corrected chi connectivity index (χ3v) is 6.42. The van der Waals surface area contributed by atoms with Gasteiger partial charge in [0.2, 0.25) is 11.8 Å². The van der Waals surface area contributed by atoms with E-state index in [9.17, 15) is 9.59 Å². The first-order valence-corrected chi connectivity index (χ1v) is 8.47. The highest BCUT2D eigenvalue weighted by molar-refractivity contribution is 5.99. The predicted octanol–water partition coefficient (Wildman–Crippen LogP) is 1.79. The molecular formula is C17H26N2O2. The Balaban J connectivity index is 1.67. The van der Waals surface area contributed by atoms with E-state index < -0.39 is 5.54 Å². The summed E-state index contributed by atoms with van der Waals surface area (Å²) < 4.78 is 0. The summed E-state index contributed by atoms with van der Waals surface area (Å²) in [5.41, 5.74) is -0.752. The van der Waals surface area contributed by atoms with Crippen molar-refractivity contribution in [2.75, 3.05) is 0 Å². The molecule has 1 aliphatic heterocycles. The van der Waals surface area contributed by atoms with Crippen molar-refractivity contribution in [1.82, 2.24) is 10.2 Å². The topological polar surface area (TPSA) is 49.4 Å². The van der Waals surface area contributed by atoms with E-state index >= 15 is 0 Å². The van der Waals surface area contributed by atoms with Crippen molar-refractivity contribution in [2.24, 2.45) is 29.6 Å². The molecule has 2 amide bonds. The maximum Gasteiger partial charge on any atom is 0.248 e. The third kappa shape index (κ3) is 1.68. The van der Waals surface area contributed by atoms with E-state index in [2.05, 4.69) is 19.2 Å². The molecule has 1 saturated heterocycles. The van der Waals surface area contributed by atoms with Crippen LogP contribution in [0, 0.1) is 29.6 Å². The van der Waals surface area contributed by atoms with Gasteiger partial charge in [0.25, 0.3) is 0 Å². The summed E-state index contributed by atoms with van der Waals surface area (Å²) in [6.45, 7) is 7.78. The lowest BCUT2D eigenvalue weighted by molar-refractivity contribution is -0.157. The molecule has 4 heteroatoms. The molecule has 0 aromatic carbocycles. The number of carbonyl (C=O) groups excluding carboxylic acids is 2. The van der Waals surface area contributed by atoms with Crippen molar-refractivity contribution in [3.05, 3.63) is 0 Å². The number of rotatable bonds is 2. The highest BCUT2D eigenvalue weighted by Crippen LogP contribution is 2.67. The second kappa shape index (κ2) is 4.02. The Labute approximate surface area is 126 Å². The van der Waals surface area contributed by atoms with Gasteiger partial charge in [0.1, 0.15) is 11.6 Å². The maximum atomic E-state index is 13.0. The summed E-state index contributed by atoms with van der Waals surface area (Å²) in [6, 6.07) is 0.0713. The van der Waals surface area contributed by atoms with Gasteiger partial charge in [-0.25, -0.2) is 0 Å². The predicted molar refractivity (Wildman–Crippen MR) is 79.3 cm³/mol. The zero-order chi connectivity index (χ0) is 15.1. The van der Waals surface area contributed by atoms with Gasteiger partial charge in [-0.1, -0.05) is 13.8 Å². The molecule has 0 aromatic rings. The number of hydrogen-bond acceptors (Lipinski definition) is 2. The molecule has 0 radical (unpaired) electrons. The fraction of sp³-hybridized carbons (Fsp3) is 0.882. The van der Waals surface area contributed by atoms with Gasteiger partial charge < -0.3 is 10.2 Å². The standard InChI is InChI=1S/C17H26N2O2/c1-8(2)13-15(20)18-17(3,4)16(21)19(13)14-11-9-5-6-10(7-9)12(11)14/h8-14H,5-7H2,1-4H3,(H,18,20). The Kier molecular flexibility index (Phi) is 2.60. The first-order chi connectivity index (χ1) is 9.83. The number of nitrogens with zero attached hydrogens (tertiary/aromatic N) is 1. The summed E-state index contributed by atoms with van der Waals surface area (Å²) in [4.78, 5) is 27.5. The molecule has 4 aliphatic rings. The van der Waals surface area contributed by atoms with Crippen molar-refractivity contribution >= 4 is 11.8 Å². The Morgan fingerprint density at radius 2 is 1.71 bits per heavy atom. The zero-order valence-electron chi connectivity index (χ0n) is 13.4. The molecular weight excluding hydrogens is 264 g/mol. The van der Waals surface area contributed by atoms with Gasteiger partial charge in [-0.3, -0.25) is 9.59 Å². The summed E-state index contributed by atoms with van der Waals surface area (Å²) in [5.74, 6) is 3.35. The molecule has 0 spiro atoms. The monoisotopic (exact) mass is 290 g/mol. The van der Waals surface area contributed by atoms with Crippen LogP contribution in [-0.2, 0) is 9.59 Å². The van der Waals surface area contributed by atoms with Gasteiger partial charge in [-0.2, -0.15) is 0 Å². The van der Waals surface area contributed by atoms with Crippen LogP contribution in [0.4, 0.5) is 0 Å². The summed E-state index contributed by atoms with van der Waals surface area (Å²) in [5, 5.41) is 2.92. The first-order valence-electron chi connectivity index (χ1n) is 8.47. The van der Waals surface area contributed by atoms with Crippen LogP contribution in [-0.4, -0.2) is 34.3 Å². The molecule has 3 saturated carbocycles. The lowest BCUT2D eigenvalue weighted by atomic mass is 9.90. The van der Waals surface area contributed by atoms with Gasteiger partial charge in [0.05, 0.1) is 0 Å². The fourth-order valence-electron chi connectivity index (χ4n) is 5.61. The van der Waals surface area contributed by atoms with Crippen LogP contribution in [0.3, 0.4) is 0 Å². The Morgan fingerprint density at radius 3 is 2.24 bits per heavy atom. The highest BCUT2D eigenvalue weighted by Gasteiger charge is 2.69. The minimum Gasteiger partial charge on any atom is -0.340 e. The van der Waals surface area contributed by atoms with Crippen LogP contribution in [0.5, 0.6) is 0 Å². The number of amides is 2. The maximum absolute atomic E-state index is 13.0. The van der Waals surface area contributed by atoms with E-state index in [1.165, 1.54) is 19.3 Å². The quantitative estimate of drug-likeness (QED) is 0.843. The first kappa shape index (κ1) is 13.6. The average Bonchev–Trinajstić information content (AvgIpc) is 2.79. The van der Waals surface area contributed by atoms with Crippen LogP contribution >= 0.6 is 0 Å². The van der Waals surface area contributed by atoms with E-state index in [1.807, 2.05) is 18.7 Å². The molecule has 4 nitrogen and oxygen atoms in total. The largest absolute Gasteiger partial charge is 0.340 e. The van der Waals surface area contributed by atoms with Gasteiger partial charge in [-0.05, 0) is 62.7 Å². The summed E-state index contributed by atoms with van der Waals surface area (Å²) in [6.07, 6.45) is 4.05. The van der Waals surface area contributed by atoms with Gasteiger partial charge >= 0.3 is 0 Å². The molecule has 2 bridgehead atoms. The molecule has 0 aromatic heterocycles. The number of piperazine rings is 1. The SMILES string of the molecule is CC(C)C1C(=O)NC(C)(C)C(=O)N1C1C2C3CCC(C3)C21. The molecule has 4 fully saturated rings. The van der Waals surface area contributed by atoms with Crippen LogP contribution < -0.4 is 5.32 Å². The van der Waals surface area contributed by atoms with Crippen molar-refractivity contribution in [3.63, 3.8) is 0 Å². The number of nitrogens with one attached hydrogen (secondary N) is 1. The lowest BCUT2D eigenvalue weighted by Gasteiger charge is -2.45. The normalized spacial score (nSPS) is 46.8. The minimum atomic E-state index is -0.752. The van der Waals surface area contributed by atoms with E-state index in [4.69, 9.17) is 0 Å². The Bertz CT molecular complexity index is 497. The average molecular weight is 290 g/mol. The smallest absolute Gasteiger partial charge is 0.248 e. The molecule has 1 heterocycles. The van der Waals surface area contributed by atoms with Crippen LogP contribution in [0.25, 0.3) is 0 Å². The molecule has 4 rings (SSSR count). The number of hydrogen-bond donors (Lipinski definition) is 1. The van der Waals surface area contributed by atoms with Crippen molar-refractivity contribution in [1.29, 1.82) is 0 Å². The van der Waals surface area contributed by atoms with Crippen LogP contribution in [0.2, 0.25) is 0 Å². The van der Waals surface area contributed by atoms with Gasteiger partial charge in [-0.15, -0.1) is 0 Å². The van der Waals surface area contributed by atoms with Crippen LogP contribution in [0.1, 0.15) is 47.0 Å². The molecule has 1 N–H and O–H groups in total. The Morgan fingerprint density at radius 1 is 1.14 bits per heavy atom. The summed E-state index contributed by atoms with van der Waals surface area (Å²) in [7, 11) is 0. The molecule has 116 valence electrons.